The van der Waals surface area contributed by atoms with E-state index >= 15 is 0 Å². The molecule has 4 N–H and O–H groups in total. The Morgan fingerprint density at radius 3 is 0.778 bits per heavy atom. The van der Waals surface area contributed by atoms with Crippen LogP contribution < -0.4 is 0 Å². The van der Waals surface area contributed by atoms with Crippen LogP contribution in [0.1, 0.15) is 0 Å². The molecule has 0 saturated carbocycles. The molecule has 0 aliphatic rings. The van der Waals surface area contributed by atoms with Crippen molar-refractivity contribution in [3.8, 4) is 0 Å². The summed E-state index contributed by atoms with van der Waals surface area (Å²) in [5, 5.41) is 0. The summed E-state index contributed by atoms with van der Waals surface area (Å²) in [6.45, 7) is 0. The van der Waals surface area contributed by atoms with Crippen LogP contribution in [0, 0.1) is 38.6 Å². The van der Waals surface area contributed by atoms with Crippen molar-refractivity contribution in [2.45, 2.75) is 0 Å². The maximum atomic E-state index is 8.70. The van der Waals surface area contributed by atoms with E-state index in [0.717, 1.165) is 0 Å². The first kappa shape index (κ1) is 16.7. The maximum absolute atomic E-state index is 8.70. The Balaban J connectivity index is -0.0000000720. The molecule has 0 aliphatic carbocycles. The molecule has 0 aromatic carbocycles. The second kappa shape index (κ2) is 12.0. The molecule has 1 radical (unpaired) electrons. The molecule has 0 bridgehead atoms. The van der Waals surface area contributed by atoms with Crippen LogP contribution in [0.4, 0.5) is 0 Å². The topological polar surface area (TPSA) is 115 Å². The Morgan fingerprint density at radius 1 is 0.778 bits per heavy atom. The van der Waals surface area contributed by atoms with Gasteiger partial charge in [0.05, 0.1) is 0 Å². The van der Waals surface area contributed by atoms with Gasteiger partial charge in [0, 0.05) is 47.7 Å². The van der Waals surface area contributed by atoms with Gasteiger partial charge in [-0.25, -0.2) is 0 Å². The first-order valence-corrected chi connectivity index (χ1v) is 3.50. The summed E-state index contributed by atoms with van der Waals surface area (Å²) in [7, 11) is -5.74. The number of rotatable bonds is 0. The first-order chi connectivity index (χ1) is 3.46. The molecule has 0 amide bonds. The van der Waals surface area contributed by atoms with Gasteiger partial charge in [-0.2, -0.15) is 0 Å². The quantitative estimate of drug-likeness (QED) is 0.437. The van der Waals surface area contributed by atoms with Crippen LogP contribution in [-0.4, -0.2) is 19.6 Å². The fourth-order valence-electron chi connectivity index (χ4n) is 0. The Bertz CT molecular complexity index is 69.1. The molecule has 0 heterocycles. The van der Waals surface area contributed by atoms with E-state index < -0.39 is 16.5 Å². The van der Waals surface area contributed by atoms with Crippen LogP contribution in [0.5, 0.6) is 0 Å². The van der Waals surface area contributed by atoms with Crippen LogP contribution in [0.15, 0.2) is 0 Å². The predicted octanol–water partition coefficient (Wildman–Crippen LogP) is -0.743. The van der Waals surface area contributed by atoms with E-state index in [4.69, 9.17) is 28.7 Å². The maximum Gasteiger partial charge on any atom is 0.692 e. The van der Waals surface area contributed by atoms with Crippen LogP contribution in [-0.2, 0) is 9.13 Å². The summed E-state index contributed by atoms with van der Waals surface area (Å²) in [4.78, 5) is 28.5. The fourth-order valence-corrected chi connectivity index (χ4v) is 0. The third-order valence-corrected chi connectivity index (χ3v) is 0. The minimum atomic E-state index is -2.87. The van der Waals surface area contributed by atoms with Crippen LogP contribution >= 0.6 is 16.5 Å². The number of hydrogen-bond acceptors (Lipinski definition) is 2. The van der Waals surface area contributed by atoms with Crippen LogP contribution in [0.3, 0.4) is 0 Å². The van der Waals surface area contributed by atoms with E-state index in [0.29, 0.717) is 0 Å². The first-order valence-electron chi connectivity index (χ1n) is 1.17. The van der Waals surface area contributed by atoms with Crippen molar-refractivity contribution in [2.24, 2.45) is 0 Å². The minimum Gasteiger partial charge on any atom is -0.134 e. The predicted molar refractivity (Wildman–Crippen MR) is 24.1 cm³/mol. The smallest absolute Gasteiger partial charge is 0.134 e. The van der Waals surface area contributed by atoms with Gasteiger partial charge < -0.3 is 0 Å². The summed E-state index contributed by atoms with van der Waals surface area (Å²) in [5.74, 6) is 0. The largest absolute Gasteiger partial charge is 0.692 e. The van der Waals surface area contributed by atoms with E-state index in [1.165, 1.54) is 0 Å². The Morgan fingerprint density at radius 2 is 0.778 bits per heavy atom. The Kier molecular flexibility index (Phi) is 22.4. The van der Waals surface area contributed by atoms with Gasteiger partial charge in [0.15, 0.2) is 0 Å². The molecule has 0 atom stereocenters. The van der Waals surface area contributed by atoms with Gasteiger partial charge in [-0.1, -0.05) is 0 Å². The van der Waals surface area contributed by atoms with Gasteiger partial charge in [0.2, 0.25) is 0 Å². The minimum absolute atomic E-state index is 0. The Hall–Kier alpha value is 1.33. The van der Waals surface area contributed by atoms with E-state index in [2.05, 4.69) is 0 Å². The van der Waals surface area contributed by atoms with E-state index in [1.807, 2.05) is 0 Å². The zero-order valence-corrected chi connectivity index (χ0v) is 7.76. The van der Waals surface area contributed by atoms with Crippen molar-refractivity contribution < 1.29 is 67.3 Å². The summed E-state index contributed by atoms with van der Waals surface area (Å²) in [6, 6.07) is 0. The van der Waals surface area contributed by atoms with E-state index in [9.17, 15) is 0 Å². The third kappa shape index (κ3) is 285. The van der Waals surface area contributed by atoms with Gasteiger partial charge in [-0.05, 0) is 0 Å². The molecule has 9 heteroatoms. The molecule has 0 fully saturated rings. The molecule has 0 aliphatic heterocycles. The third-order valence-electron chi connectivity index (χ3n) is 0. The van der Waals surface area contributed by atoms with Crippen molar-refractivity contribution in [1.29, 1.82) is 0 Å². The van der Waals surface area contributed by atoms with Gasteiger partial charge in [-0.3, -0.25) is 0 Å². The molecule has 0 spiro atoms. The van der Waals surface area contributed by atoms with Gasteiger partial charge in [0.1, 0.15) is 0 Å². The second-order valence-electron chi connectivity index (χ2n) is 0.505. The van der Waals surface area contributed by atoms with Crippen molar-refractivity contribution >= 4 is 16.5 Å². The van der Waals surface area contributed by atoms with E-state index in [-0.39, 0.29) is 38.6 Å². The Labute approximate surface area is 83.2 Å². The number of hydrogen-bond donors (Lipinski definition) is 4. The summed E-state index contributed by atoms with van der Waals surface area (Å²) in [5.41, 5.74) is 0. The summed E-state index contributed by atoms with van der Waals surface area (Å²) in [6.07, 6.45) is 0. The summed E-state index contributed by atoms with van der Waals surface area (Å²) >= 11 is 0. The van der Waals surface area contributed by atoms with Gasteiger partial charge >= 0.3 is 16.5 Å². The second-order valence-corrected chi connectivity index (χ2v) is 1.52. The molecule has 0 saturated heterocycles. The van der Waals surface area contributed by atoms with Crippen molar-refractivity contribution in [3.63, 3.8) is 0 Å². The zero-order valence-electron chi connectivity index (χ0n) is 3.83. The van der Waals surface area contributed by atoms with Crippen molar-refractivity contribution in [1.82, 2.24) is 0 Å². The van der Waals surface area contributed by atoms with Crippen molar-refractivity contribution in [3.05, 3.63) is 0 Å². The SMILES string of the molecule is O=[P+](O)O.O=[P+](O)O.[Tb]. The van der Waals surface area contributed by atoms with Gasteiger partial charge in [-0.15, -0.1) is 19.6 Å². The average Bonchev–Trinajstić information content (AvgIpc) is 1.25. The fraction of sp³-hybridized carbons (Fsp3) is 0. The van der Waals surface area contributed by atoms with Crippen LogP contribution in [0.2, 0.25) is 0 Å². The molecule has 6 nitrogen and oxygen atoms in total. The normalized spacial score (nSPS) is 5.78. The molecule has 9 heavy (non-hydrogen) atoms. The summed E-state index contributed by atoms with van der Waals surface area (Å²) < 4.78 is 17.4. The van der Waals surface area contributed by atoms with Gasteiger partial charge in [0.25, 0.3) is 0 Å². The van der Waals surface area contributed by atoms with Crippen LogP contribution in [0.25, 0.3) is 0 Å². The molecule has 0 aromatic rings. The molecule has 57 valence electrons. The standard InChI is InChI=1S/2HO3P.Tb/c2*1-4(2)3;/h2*(H-,1,2,3);/p+2. The molecule has 0 aromatic heterocycles. The molecule has 0 rings (SSSR count). The monoisotopic (exact) mass is 321 g/mol. The van der Waals surface area contributed by atoms with E-state index in [1.54, 1.807) is 0 Å². The molecular formula is H4O6P2Tb+2. The zero-order chi connectivity index (χ0) is 7.15. The molecule has 0 unspecified atom stereocenters. The molecular weight excluding hydrogens is 317 g/mol. The van der Waals surface area contributed by atoms with Crippen molar-refractivity contribution in [2.75, 3.05) is 0 Å². The average molecular weight is 321 g/mol.